The third kappa shape index (κ3) is 7.11. The second-order valence-corrected chi connectivity index (χ2v) is 10.1. The Balaban J connectivity index is 1.46. The maximum absolute atomic E-state index is 14.9. The Bertz CT molecular complexity index is 1310. The number of halogens is 9. The van der Waals surface area contributed by atoms with Crippen molar-refractivity contribution in [3.8, 4) is 33.8 Å². The van der Waals surface area contributed by atoms with Crippen molar-refractivity contribution < 1.29 is 49.0 Å². The van der Waals surface area contributed by atoms with E-state index in [1.54, 1.807) is 0 Å². The van der Waals surface area contributed by atoms with Gasteiger partial charge in [-0.2, -0.15) is 26.3 Å². The summed E-state index contributed by atoms with van der Waals surface area (Å²) in [7, 11) is 0. The van der Waals surface area contributed by atoms with Crippen LogP contribution >= 0.6 is 0 Å². The summed E-state index contributed by atoms with van der Waals surface area (Å²) in [5.74, 6) is -6.61. The van der Waals surface area contributed by atoms with Crippen LogP contribution in [0.3, 0.4) is 0 Å². The molecule has 41 heavy (non-hydrogen) atoms. The van der Waals surface area contributed by atoms with Gasteiger partial charge in [-0.05, 0) is 78.6 Å². The third-order valence-electron chi connectivity index (χ3n) is 7.23. The van der Waals surface area contributed by atoms with Gasteiger partial charge in [-0.3, -0.25) is 0 Å². The summed E-state index contributed by atoms with van der Waals surface area (Å²) in [4.78, 5) is 0. The molecule has 0 atom stereocenters. The summed E-state index contributed by atoms with van der Waals surface area (Å²) in [6.45, 7) is 2.07. The molecule has 3 aromatic rings. The van der Waals surface area contributed by atoms with Gasteiger partial charge in [-0.15, -0.1) is 0 Å². The van der Waals surface area contributed by atoms with E-state index in [-0.39, 0.29) is 11.3 Å². The standard InChI is InChI=1S/C30H27F9O2/c1-2-3-17-4-9-21(10-5-17)29(36,37)40-22-11-6-18(7-12-22)19-8-13-23(24(31)14-19)20-15-25(32)27(26(33)16-20)41-30(38,39)28(34)35/h6-8,11-17,21,28H,2-5,9-10H2,1H3. The maximum Gasteiger partial charge on any atom is 0.461 e. The van der Waals surface area contributed by atoms with Gasteiger partial charge < -0.3 is 9.47 Å². The number of rotatable bonds is 10. The number of alkyl halides is 6. The van der Waals surface area contributed by atoms with Crippen molar-refractivity contribution in [2.24, 2.45) is 11.8 Å². The molecule has 0 saturated heterocycles. The highest BCUT2D eigenvalue weighted by Crippen LogP contribution is 2.41. The molecule has 4 rings (SSSR count). The number of hydrogen-bond acceptors (Lipinski definition) is 2. The topological polar surface area (TPSA) is 18.5 Å². The fraction of sp³-hybridized carbons (Fsp3) is 0.400. The lowest BCUT2D eigenvalue weighted by molar-refractivity contribution is -0.255. The van der Waals surface area contributed by atoms with Gasteiger partial charge in [0.05, 0.1) is 5.92 Å². The largest absolute Gasteiger partial charge is 0.461 e. The lowest BCUT2D eigenvalue weighted by Gasteiger charge is -2.33. The summed E-state index contributed by atoms with van der Waals surface area (Å²) in [5.41, 5.74) is 0.0243. The molecule has 0 bridgehead atoms. The van der Waals surface area contributed by atoms with Gasteiger partial charge in [-0.1, -0.05) is 44.0 Å². The van der Waals surface area contributed by atoms with E-state index in [0.717, 1.165) is 31.7 Å². The lowest BCUT2D eigenvalue weighted by atomic mass is 9.79. The molecule has 1 saturated carbocycles. The minimum atomic E-state index is -5.14. The van der Waals surface area contributed by atoms with Crippen LogP contribution in [0.2, 0.25) is 0 Å². The van der Waals surface area contributed by atoms with Gasteiger partial charge in [0.1, 0.15) is 11.6 Å². The summed E-state index contributed by atoms with van der Waals surface area (Å²) >= 11 is 0. The Morgan fingerprint density at radius 2 is 1.29 bits per heavy atom. The van der Waals surface area contributed by atoms with Gasteiger partial charge >= 0.3 is 18.6 Å². The zero-order valence-electron chi connectivity index (χ0n) is 21.9. The van der Waals surface area contributed by atoms with Crippen molar-refractivity contribution in [3.05, 3.63) is 72.0 Å². The molecule has 3 aromatic carbocycles. The number of ether oxygens (including phenoxy) is 2. The Morgan fingerprint density at radius 1 is 0.732 bits per heavy atom. The van der Waals surface area contributed by atoms with Crippen LogP contribution < -0.4 is 9.47 Å². The van der Waals surface area contributed by atoms with Crippen molar-refractivity contribution in [1.29, 1.82) is 0 Å². The zero-order chi connectivity index (χ0) is 29.9. The van der Waals surface area contributed by atoms with Crippen LogP contribution in [0, 0.1) is 29.3 Å². The summed E-state index contributed by atoms with van der Waals surface area (Å²) in [6.07, 6.45) is -8.52. The second kappa shape index (κ2) is 12.2. The molecule has 222 valence electrons. The molecule has 0 spiro atoms. The molecular formula is C30H27F9O2. The first-order valence-corrected chi connectivity index (χ1v) is 13.1. The highest BCUT2D eigenvalue weighted by Gasteiger charge is 2.45. The molecule has 0 N–H and O–H groups in total. The van der Waals surface area contributed by atoms with Crippen LogP contribution in [0.15, 0.2) is 54.6 Å². The van der Waals surface area contributed by atoms with Crippen LogP contribution in [0.1, 0.15) is 45.4 Å². The molecular weight excluding hydrogens is 563 g/mol. The van der Waals surface area contributed by atoms with E-state index in [1.807, 2.05) is 0 Å². The van der Waals surface area contributed by atoms with E-state index < -0.39 is 53.3 Å². The molecule has 2 nitrogen and oxygen atoms in total. The quantitative estimate of drug-likeness (QED) is 0.219. The summed E-state index contributed by atoms with van der Waals surface area (Å²) < 4.78 is 132. The Kier molecular flexibility index (Phi) is 9.13. The first-order chi connectivity index (χ1) is 19.3. The Morgan fingerprint density at radius 3 is 1.83 bits per heavy atom. The molecule has 0 amide bonds. The fourth-order valence-corrected chi connectivity index (χ4v) is 5.07. The summed E-state index contributed by atoms with van der Waals surface area (Å²) in [5, 5.41) is 0. The predicted octanol–water partition coefficient (Wildman–Crippen LogP) is 10.3. The average molecular weight is 591 g/mol. The van der Waals surface area contributed by atoms with Crippen LogP contribution in [0.5, 0.6) is 11.5 Å². The van der Waals surface area contributed by atoms with Crippen molar-refractivity contribution in [2.75, 3.05) is 0 Å². The van der Waals surface area contributed by atoms with Crippen LogP contribution in [0.25, 0.3) is 22.3 Å². The Labute approximate surface area is 231 Å². The second-order valence-electron chi connectivity index (χ2n) is 10.1. The minimum Gasteiger partial charge on any atom is -0.432 e. The highest BCUT2D eigenvalue weighted by molar-refractivity contribution is 5.72. The molecule has 0 heterocycles. The fourth-order valence-electron chi connectivity index (χ4n) is 5.07. The molecule has 1 aliphatic carbocycles. The average Bonchev–Trinajstić information content (AvgIpc) is 2.91. The molecule has 1 aliphatic rings. The van der Waals surface area contributed by atoms with Crippen LogP contribution in [-0.2, 0) is 0 Å². The van der Waals surface area contributed by atoms with E-state index in [4.69, 9.17) is 4.74 Å². The monoisotopic (exact) mass is 590 g/mol. The van der Waals surface area contributed by atoms with Crippen molar-refractivity contribution in [1.82, 2.24) is 0 Å². The highest BCUT2D eigenvalue weighted by atomic mass is 19.3. The molecule has 0 aromatic heterocycles. The van der Waals surface area contributed by atoms with Crippen molar-refractivity contribution >= 4 is 0 Å². The molecule has 11 heteroatoms. The predicted molar refractivity (Wildman–Crippen MR) is 135 cm³/mol. The zero-order valence-corrected chi connectivity index (χ0v) is 21.9. The van der Waals surface area contributed by atoms with Gasteiger partial charge in [0.15, 0.2) is 17.4 Å². The van der Waals surface area contributed by atoms with Crippen LogP contribution in [0.4, 0.5) is 39.5 Å². The van der Waals surface area contributed by atoms with Gasteiger partial charge in [0.25, 0.3) is 0 Å². The van der Waals surface area contributed by atoms with E-state index in [2.05, 4.69) is 11.7 Å². The molecule has 0 unspecified atom stereocenters. The maximum atomic E-state index is 14.9. The summed E-state index contributed by atoms with van der Waals surface area (Å²) in [6, 6.07) is 10.1. The SMILES string of the molecule is CCCC1CCC(C(F)(F)Oc2ccc(-c3ccc(-c4cc(F)c(OC(F)(F)C(F)F)c(F)c4)c(F)c3)cc2)CC1. The number of benzene rings is 3. The van der Waals surface area contributed by atoms with Gasteiger partial charge in [0, 0.05) is 5.56 Å². The smallest absolute Gasteiger partial charge is 0.432 e. The first-order valence-electron chi connectivity index (χ1n) is 13.1. The van der Waals surface area contributed by atoms with Crippen molar-refractivity contribution in [2.45, 2.75) is 64.1 Å². The normalized spacial score (nSPS) is 18.0. The van der Waals surface area contributed by atoms with E-state index >= 15 is 0 Å². The van der Waals surface area contributed by atoms with E-state index in [9.17, 15) is 39.5 Å². The van der Waals surface area contributed by atoms with Crippen LogP contribution in [-0.4, -0.2) is 18.6 Å². The number of hydrogen-bond donors (Lipinski definition) is 0. The third-order valence-corrected chi connectivity index (χ3v) is 7.23. The first kappa shape index (κ1) is 30.6. The van der Waals surface area contributed by atoms with E-state index in [0.29, 0.717) is 42.0 Å². The van der Waals surface area contributed by atoms with Gasteiger partial charge in [0.2, 0.25) is 0 Å². The van der Waals surface area contributed by atoms with E-state index in [1.165, 1.54) is 36.4 Å². The lowest BCUT2D eigenvalue weighted by Crippen LogP contribution is -2.37. The molecule has 0 radical (unpaired) electrons. The van der Waals surface area contributed by atoms with Gasteiger partial charge in [-0.25, -0.2) is 13.2 Å². The molecule has 1 fully saturated rings. The van der Waals surface area contributed by atoms with Crippen molar-refractivity contribution in [3.63, 3.8) is 0 Å². The molecule has 0 aliphatic heterocycles. The minimum absolute atomic E-state index is 0.0581. The Hall–Kier alpha value is -3.37.